The van der Waals surface area contributed by atoms with E-state index in [9.17, 15) is 8.42 Å². The molecule has 7 nitrogen and oxygen atoms in total. The molecule has 2 rings (SSSR count). The van der Waals surface area contributed by atoms with Crippen LogP contribution in [0.25, 0.3) is 0 Å². The van der Waals surface area contributed by atoms with Gasteiger partial charge in [-0.2, -0.15) is 0 Å². The molecule has 0 aliphatic carbocycles. The Bertz CT molecular complexity index is 818. The second-order valence-electron chi connectivity index (χ2n) is 5.55. The molecule has 0 radical (unpaired) electrons. The van der Waals surface area contributed by atoms with Gasteiger partial charge in [-0.15, -0.1) is 10.2 Å². The molecule has 0 saturated carbocycles. The van der Waals surface area contributed by atoms with E-state index >= 15 is 0 Å². The number of nitrogens with zero attached hydrogens (tertiary/aromatic N) is 3. The van der Waals surface area contributed by atoms with Crippen LogP contribution in [0.5, 0.6) is 5.75 Å². The van der Waals surface area contributed by atoms with Gasteiger partial charge in [0, 0.05) is 11.1 Å². The van der Waals surface area contributed by atoms with Crippen LogP contribution >= 0.6 is 11.6 Å². The van der Waals surface area contributed by atoms with Crippen molar-refractivity contribution in [3.05, 3.63) is 34.9 Å². The van der Waals surface area contributed by atoms with Gasteiger partial charge in [0.15, 0.2) is 0 Å². The Morgan fingerprint density at radius 3 is 2.71 bits per heavy atom. The maximum atomic E-state index is 12.7. The van der Waals surface area contributed by atoms with Crippen molar-refractivity contribution < 1.29 is 13.2 Å². The van der Waals surface area contributed by atoms with Gasteiger partial charge in [0.1, 0.15) is 22.8 Å². The summed E-state index contributed by atoms with van der Waals surface area (Å²) in [5.41, 5.74) is 0.749. The molecule has 0 fully saturated rings. The van der Waals surface area contributed by atoms with Crippen molar-refractivity contribution in [2.24, 2.45) is 0 Å². The van der Waals surface area contributed by atoms with Crippen LogP contribution < -0.4 is 9.46 Å². The molecule has 132 valence electrons. The van der Waals surface area contributed by atoms with Crippen molar-refractivity contribution in [3.63, 3.8) is 0 Å². The van der Waals surface area contributed by atoms with E-state index in [2.05, 4.69) is 14.9 Å². The minimum absolute atomic E-state index is 0.00978. The Labute approximate surface area is 147 Å². The first-order valence-corrected chi connectivity index (χ1v) is 9.43. The topological polar surface area (TPSA) is 86.1 Å². The maximum Gasteiger partial charge on any atom is 0.244 e. The molecule has 1 heterocycles. The molecule has 9 heteroatoms. The van der Waals surface area contributed by atoms with Gasteiger partial charge < -0.3 is 9.30 Å². The number of hydrogen-bond acceptors (Lipinski definition) is 5. The van der Waals surface area contributed by atoms with Gasteiger partial charge in [0.05, 0.1) is 13.2 Å². The first kappa shape index (κ1) is 18.7. The summed E-state index contributed by atoms with van der Waals surface area (Å²) in [6.45, 7) is 7.89. The average Bonchev–Trinajstić information content (AvgIpc) is 2.97. The lowest BCUT2D eigenvalue weighted by atomic mass is 10.2. The summed E-state index contributed by atoms with van der Waals surface area (Å²) >= 11 is 6.08. The van der Waals surface area contributed by atoms with Gasteiger partial charge in [0.25, 0.3) is 0 Å². The molecule has 0 aliphatic rings. The zero-order valence-electron chi connectivity index (χ0n) is 14.1. The van der Waals surface area contributed by atoms with E-state index in [1.165, 1.54) is 6.07 Å². The van der Waals surface area contributed by atoms with E-state index in [1.54, 1.807) is 30.8 Å². The Hall–Kier alpha value is -1.64. The zero-order valence-corrected chi connectivity index (χ0v) is 15.6. The molecular weight excluding hydrogens is 352 g/mol. The minimum Gasteiger partial charge on any atom is -0.492 e. The van der Waals surface area contributed by atoms with Crippen molar-refractivity contribution in [2.45, 2.75) is 45.2 Å². The van der Waals surface area contributed by atoms with Crippen LogP contribution in [0.1, 0.15) is 38.2 Å². The second-order valence-corrected chi connectivity index (χ2v) is 7.70. The predicted octanol–water partition coefficient (Wildman–Crippen LogP) is 2.70. The number of sulfonamides is 1. The quantitative estimate of drug-likeness (QED) is 0.807. The van der Waals surface area contributed by atoms with E-state index in [0.717, 1.165) is 5.56 Å². The SMILES string of the molecule is CCOc1cc(C)c(Cl)cc1S(=O)(=O)NCc1nncn1C(C)C. The molecular formula is C15H21ClN4O3S. The number of nitrogens with one attached hydrogen (secondary N) is 1. The highest BCUT2D eigenvalue weighted by Gasteiger charge is 2.22. The third-order valence-electron chi connectivity index (χ3n) is 3.44. The van der Waals surface area contributed by atoms with Crippen molar-refractivity contribution in [3.8, 4) is 5.75 Å². The van der Waals surface area contributed by atoms with Crippen molar-refractivity contribution >= 4 is 21.6 Å². The van der Waals surface area contributed by atoms with Crippen LogP contribution in [-0.4, -0.2) is 29.8 Å². The van der Waals surface area contributed by atoms with Gasteiger partial charge in [-0.1, -0.05) is 11.6 Å². The third-order valence-corrected chi connectivity index (χ3v) is 5.27. The van der Waals surface area contributed by atoms with E-state index in [4.69, 9.17) is 16.3 Å². The molecule has 1 aromatic heterocycles. The van der Waals surface area contributed by atoms with E-state index in [0.29, 0.717) is 17.5 Å². The smallest absolute Gasteiger partial charge is 0.244 e. The largest absolute Gasteiger partial charge is 0.492 e. The fraction of sp³-hybridized carbons (Fsp3) is 0.467. The molecule has 2 aromatic rings. The van der Waals surface area contributed by atoms with Gasteiger partial charge in [-0.3, -0.25) is 0 Å². The highest BCUT2D eigenvalue weighted by Crippen LogP contribution is 2.30. The fourth-order valence-corrected chi connectivity index (χ4v) is 3.54. The van der Waals surface area contributed by atoms with Gasteiger partial charge in [-0.25, -0.2) is 13.1 Å². The lowest BCUT2D eigenvalue weighted by Gasteiger charge is -2.14. The number of hydrogen-bond donors (Lipinski definition) is 1. The van der Waals surface area contributed by atoms with Crippen LogP contribution in [0, 0.1) is 6.92 Å². The Morgan fingerprint density at radius 1 is 1.38 bits per heavy atom. The number of benzene rings is 1. The lowest BCUT2D eigenvalue weighted by Crippen LogP contribution is -2.26. The van der Waals surface area contributed by atoms with Crippen molar-refractivity contribution in [1.82, 2.24) is 19.5 Å². The maximum absolute atomic E-state index is 12.7. The molecule has 24 heavy (non-hydrogen) atoms. The van der Waals surface area contributed by atoms with E-state index in [-0.39, 0.29) is 23.2 Å². The predicted molar refractivity (Wildman–Crippen MR) is 91.8 cm³/mol. The van der Waals surface area contributed by atoms with E-state index < -0.39 is 10.0 Å². The first-order chi connectivity index (χ1) is 11.3. The van der Waals surface area contributed by atoms with Crippen LogP contribution in [0.4, 0.5) is 0 Å². The van der Waals surface area contributed by atoms with Crippen molar-refractivity contribution in [1.29, 1.82) is 0 Å². The molecule has 0 bridgehead atoms. The van der Waals surface area contributed by atoms with Crippen LogP contribution in [0.2, 0.25) is 5.02 Å². The number of rotatable bonds is 7. The summed E-state index contributed by atoms with van der Waals surface area (Å²) < 4.78 is 35.1. The molecule has 0 amide bonds. The molecule has 0 aliphatic heterocycles. The van der Waals surface area contributed by atoms with E-state index in [1.807, 2.05) is 13.8 Å². The number of aromatic nitrogens is 3. The summed E-state index contributed by atoms with van der Waals surface area (Å²) in [5.74, 6) is 0.807. The number of aryl methyl sites for hydroxylation is 1. The van der Waals surface area contributed by atoms with Gasteiger partial charge >= 0.3 is 0 Å². The Balaban J connectivity index is 2.30. The summed E-state index contributed by atoms with van der Waals surface area (Å²) in [6.07, 6.45) is 1.57. The number of halogens is 1. The van der Waals surface area contributed by atoms with Crippen LogP contribution in [0.15, 0.2) is 23.4 Å². The third kappa shape index (κ3) is 4.06. The Kier molecular flexibility index (Phi) is 5.84. The molecule has 0 atom stereocenters. The van der Waals surface area contributed by atoms with Crippen LogP contribution in [-0.2, 0) is 16.6 Å². The highest BCUT2D eigenvalue weighted by molar-refractivity contribution is 7.89. The van der Waals surface area contributed by atoms with Crippen molar-refractivity contribution in [2.75, 3.05) is 6.61 Å². The monoisotopic (exact) mass is 372 g/mol. The molecule has 0 spiro atoms. The molecule has 0 saturated heterocycles. The summed E-state index contributed by atoms with van der Waals surface area (Å²) in [7, 11) is -3.81. The van der Waals surface area contributed by atoms with Gasteiger partial charge in [-0.05, 0) is 45.4 Å². The summed E-state index contributed by atoms with van der Waals surface area (Å²) in [6, 6.07) is 3.15. The standard InChI is InChI=1S/C15H21ClN4O3S/c1-5-23-13-6-11(4)12(16)7-14(13)24(21,22)18-8-15-19-17-9-20(15)10(2)3/h6-7,9-10,18H,5,8H2,1-4H3. The lowest BCUT2D eigenvalue weighted by molar-refractivity contribution is 0.330. The average molecular weight is 373 g/mol. The fourth-order valence-electron chi connectivity index (χ4n) is 2.18. The van der Waals surface area contributed by atoms with Gasteiger partial charge in [0.2, 0.25) is 10.0 Å². The zero-order chi connectivity index (χ0) is 17.9. The molecule has 1 N–H and O–H groups in total. The minimum atomic E-state index is -3.81. The van der Waals surface area contributed by atoms with Crippen LogP contribution in [0.3, 0.4) is 0 Å². The summed E-state index contributed by atoms with van der Waals surface area (Å²) in [5, 5.41) is 8.14. The molecule has 1 aromatic carbocycles. The molecule has 0 unspecified atom stereocenters. The second kappa shape index (κ2) is 7.50. The normalized spacial score (nSPS) is 11.9. The number of ether oxygens (including phenoxy) is 1. The first-order valence-electron chi connectivity index (χ1n) is 7.57. The highest BCUT2D eigenvalue weighted by atomic mass is 35.5. The Morgan fingerprint density at radius 2 is 2.08 bits per heavy atom. The summed E-state index contributed by atoms with van der Waals surface area (Å²) in [4.78, 5) is 0.00978.